The van der Waals surface area contributed by atoms with Crippen molar-refractivity contribution in [1.29, 1.82) is 0 Å². The van der Waals surface area contributed by atoms with Gasteiger partial charge in [0.15, 0.2) is 0 Å². The monoisotopic (exact) mass is 281 g/mol. The highest BCUT2D eigenvalue weighted by Crippen LogP contribution is 2.24. The van der Waals surface area contributed by atoms with E-state index < -0.39 is 10.0 Å². The molecular formula is C15H23NO2S. The average Bonchev–Trinajstić information content (AvgIpc) is 2.39. The molecule has 0 aliphatic carbocycles. The van der Waals surface area contributed by atoms with Crippen LogP contribution < -0.4 is 0 Å². The summed E-state index contributed by atoms with van der Waals surface area (Å²) in [7, 11) is -3.30. The Morgan fingerprint density at radius 2 is 1.84 bits per heavy atom. The van der Waals surface area contributed by atoms with Gasteiger partial charge in [-0.1, -0.05) is 32.9 Å². The van der Waals surface area contributed by atoms with Crippen LogP contribution in [-0.4, -0.2) is 25.8 Å². The zero-order valence-electron chi connectivity index (χ0n) is 12.0. The maximum Gasteiger partial charge on any atom is 0.243 e. The third kappa shape index (κ3) is 3.18. The Morgan fingerprint density at radius 3 is 2.37 bits per heavy atom. The van der Waals surface area contributed by atoms with Crippen LogP contribution in [0.3, 0.4) is 0 Å². The van der Waals surface area contributed by atoms with Gasteiger partial charge in [0.05, 0.1) is 4.90 Å². The van der Waals surface area contributed by atoms with Gasteiger partial charge in [0.2, 0.25) is 10.0 Å². The molecule has 2 rings (SSSR count). The Bertz CT molecular complexity index is 520. The van der Waals surface area contributed by atoms with Gasteiger partial charge in [-0.15, -0.1) is 0 Å². The van der Waals surface area contributed by atoms with Crippen molar-refractivity contribution in [1.82, 2.24) is 4.31 Å². The molecule has 0 spiro atoms. The van der Waals surface area contributed by atoms with Crippen molar-refractivity contribution in [3.05, 3.63) is 29.8 Å². The lowest BCUT2D eigenvalue weighted by atomic mass is 10.0. The molecule has 0 saturated carbocycles. The molecule has 1 aliphatic rings. The van der Waals surface area contributed by atoms with E-state index in [0.29, 0.717) is 29.8 Å². The Morgan fingerprint density at radius 1 is 1.21 bits per heavy atom. The summed E-state index contributed by atoms with van der Waals surface area (Å²) in [4.78, 5) is 0.422. The molecular weight excluding hydrogens is 258 g/mol. The zero-order valence-corrected chi connectivity index (χ0v) is 12.8. The normalized spacial score (nSPS) is 21.8. The summed E-state index contributed by atoms with van der Waals surface area (Å²) in [6, 6.07) is 7.32. The average molecular weight is 281 g/mol. The van der Waals surface area contributed by atoms with Crippen LogP contribution in [0.1, 0.15) is 45.1 Å². The molecule has 3 nitrogen and oxygen atoms in total. The summed E-state index contributed by atoms with van der Waals surface area (Å²) < 4.78 is 26.7. The lowest BCUT2D eigenvalue weighted by Crippen LogP contribution is -2.39. The third-order valence-corrected chi connectivity index (χ3v) is 5.68. The SMILES string of the molecule is CC1CCCN(S(=O)(=O)c2ccc(C(C)C)cc2)C1. The fraction of sp³-hybridized carbons (Fsp3) is 0.600. The second-order valence-corrected chi connectivity index (χ2v) is 7.77. The molecule has 0 N–H and O–H groups in total. The van der Waals surface area contributed by atoms with Crippen molar-refractivity contribution in [2.24, 2.45) is 5.92 Å². The number of rotatable bonds is 3. The summed E-state index contributed by atoms with van der Waals surface area (Å²) in [5.41, 5.74) is 1.17. The molecule has 106 valence electrons. The van der Waals surface area contributed by atoms with Crippen LogP contribution >= 0.6 is 0 Å². The number of hydrogen-bond acceptors (Lipinski definition) is 2. The first-order chi connectivity index (χ1) is 8.91. The number of hydrogen-bond donors (Lipinski definition) is 0. The Labute approximate surface area is 116 Å². The molecule has 1 fully saturated rings. The molecule has 1 saturated heterocycles. The van der Waals surface area contributed by atoms with Crippen LogP contribution in [0.4, 0.5) is 0 Å². The molecule has 4 heteroatoms. The van der Waals surface area contributed by atoms with Gasteiger partial charge < -0.3 is 0 Å². The predicted octanol–water partition coefficient (Wildman–Crippen LogP) is 3.23. The van der Waals surface area contributed by atoms with Crippen LogP contribution in [-0.2, 0) is 10.0 Å². The molecule has 0 radical (unpaired) electrons. The molecule has 1 aliphatic heterocycles. The van der Waals surface area contributed by atoms with Crippen LogP contribution in [0, 0.1) is 5.92 Å². The van der Waals surface area contributed by atoms with Crippen LogP contribution in [0.25, 0.3) is 0 Å². The van der Waals surface area contributed by atoms with Gasteiger partial charge in [0.1, 0.15) is 0 Å². The summed E-state index contributed by atoms with van der Waals surface area (Å²) >= 11 is 0. The molecule has 0 amide bonds. The topological polar surface area (TPSA) is 37.4 Å². The summed E-state index contributed by atoms with van der Waals surface area (Å²) in [5, 5.41) is 0. The fourth-order valence-corrected chi connectivity index (χ4v) is 4.14. The Kier molecular flexibility index (Phi) is 4.31. The first kappa shape index (κ1) is 14.5. The van der Waals surface area contributed by atoms with E-state index in [-0.39, 0.29) is 0 Å². The van der Waals surface area contributed by atoms with Crippen molar-refractivity contribution in [3.8, 4) is 0 Å². The summed E-state index contributed by atoms with van der Waals surface area (Å²) in [5.74, 6) is 0.880. The number of sulfonamides is 1. The van der Waals surface area contributed by atoms with Crippen molar-refractivity contribution in [2.75, 3.05) is 13.1 Å². The van der Waals surface area contributed by atoms with Crippen molar-refractivity contribution in [3.63, 3.8) is 0 Å². The second kappa shape index (κ2) is 5.63. The number of nitrogens with zero attached hydrogens (tertiary/aromatic N) is 1. The maximum atomic E-state index is 12.5. The first-order valence-corrected chi connectivity index (χ1v) is 8.45. The molecule has 1 aromatic carbocycles. The standard InChI is InChI=1S/C15H23NO2S/c1-12(2)14-6-8-15(9-7-14)19(17,18)16-10-4-5-13(3)11-16/h6-9,12-13H,4-5,10-11H2,1-3H3. The van der Waals surface area contributed by atoms with Crippen molar-refractivity contribution < 1.29 is 8.42 Å². The predicted molar refractivity (Wildman–Crippen MR) is 77.7 cm³/mol. The van der Waals surface area contributed by atoms with Gasteiger partial charge in [0, 0.05) is 13.1 Å². The minimum absolute atomic E-state index is 0.422. The smallest absolute Gasteiger partial charge is 0.207 e. The highest BCUT2D eigenvalue weighted by atomic mass is 32.2. The van der Waals surface area contributed by atoms with E-state index in [1.807, 2.05) is 12.1 Å². The lowest BCUT2D eigenvalue weighted by Gasteiger charge is -2.30. The quantitative estimate of drug-likeness (QED) is 0.853. The molecule has 19 heavy (non-hydrogen) atoms. The highest BCUT2D eigenvalue weighted by molar-refractivity contribution is 7.89. The highest BCUT2D eigenvalue weighted by Gasteiger charge is 2.28. The Balaban J connectivity index is 2.23. The molecule has 0 bridgehead atoms. The van der Waals surface area contributed by atoms with E-state index in [9.17, 15) is 8.42 Å². The van der Waals surface area contributed by atoms with Crippen LogP contribution in [0.2, 0.25) is 0 Å². The van der Waals surface area contributed by atoms with E-state index in [0.717, 1.165) is 12.8 Å². The van der Waals surface area contributed by atoms with Gasteiger partial charge in [0.25, 0.3) is 0 Å². The largest absolute Gasteiger partial charge is 0.243 e. The molecule has 1 unspecified atom stereocenters. The molecule has 1 aromatic rings. The van der Waals surface area contributed by atoms with Gasteiger partial charge in [-0.05, 0) is 42.4 Å². The van der Waals surface area contributed by atoms with Crippen LogP contribution in [0.15, 0.2) is 29.2 Å². The minimum Gasteiger partial charge on any atom is -0.207 e. The zero-order chi connectivity index (χ0) is 14.0. The van der Waals surface area contributed by atoms with Crippen molar-refractivity contribution >= 4 is 10.0 Å². The molecule has 1 atom stereocenters. The lowest BCUT2D eigenvalue weighted by molar-refractivity contribution is 0.281. The van der Waals surface area contributed by atoms with Gasteiger partial charge in [-0.25, -0.2) is 8.42 Å². The summed E-state index contributed by atoms with van der Waals surface area (Å²) in [6.45, 7) is 7.63. The first-order valence-electron chi connectivity index (χ1n) is 7.01. The van der Waals surface area contributed by atoms with E-state index in [1.54, 1.807) is 16.4 Å². The number of benzene rings is 1. The van der Waals surface area contributed by atoms with E-state index in [1.165, 1.54) is 5.56 Å². The maximum absolute atomic E-state index is 12.5. The fourth-order valence-electron chi connectivity index (χ4n) is 2.54. The van der Waals surface area contributed by atoms with Crippen LogP contribution in [0.5, 0.6) is 0 Å². The third-order valence-electron chi connectivity index (χ3n) is 3.80. The minimum atomic E-state index is -3.30. The van der Waals surface area contributed by atoms with Crippen molar-refractivity contribution in [2.45, 2.75) is 44.4 Å². The molecule has 0 aromatic heterocycles. The molecule has 1 heterocycles. The van der Waals surface area contributed by atoms with E-state index in [2.05, 4.69) is 20.8 Å². The van der Waals surface area contributed by atoms with E-state index in [4.69, 9.17) is 0 Å². The van der Waals surface area contributed by atoms with Gasteiger partial charge in [-0.3, -0.25) is 0 Å². The van der Waals surface area contributed by atoms with E-state index >= 15 is 0 Å². The van der Waals surface area contributed by atoms with Gasteiger partial charge in [-0.2, -0.15) is 4.31 Å². The van der Waals surface area contributed by atoms with Gasteiger partial charge >= 0.3 is 0 Å². The Hall–Kier alpha value is -0.870. The number of piperidine rings is 1. The second-order valence-electron chi connectivity index (χ2n) is 5.83. The summed E-state index contributed by atoms with van der Waals surface area (Å²) in [6.07, 6.45) is 2.09.